The van der Waals surface area contributed by atoms with E-state index >= 15 is 0 Å². The number of alkyl halides is 1. The molecule has 0 aliphatic heterocycles. The number of anilines is 1. The molecule has 84 valence electrons. The Bertz CT molecular complexity index is 362. The summed E-state index contributed by atoms with van der Waals surface area (Å²) in [5, 5.41) is 4.09. The quantitative estimate of drug-likeness (QED) is 0.565. The molecule has 5 heteroatoms. The molecular formula is C10H16ClN3O. The van der Waals surface area contributed by atoms with E-state index in [0.29, 0.717) is 12.4 Å². The number of hydrogen-bond donors (Lipinski definition) is 0. The first-order chi connectivity index (χ1) is 7.15. The second-order valence-corrected chi connectivity index (χ2v) is 3.94. The van der Waals surface area contributed by atoms with Gasteiger partial charge in [0, 0.05) is 32.6 Å². The molecule has 0 fully saturated rings. The summed E-state index contributed by atoms with van der Waals surface area (Å²) in [7, 11) is 3.77. The van der Waals surface area contributed by atoms with Gasteiger partial charge in [0.25, 0.3) is 5.56 Å². The highest BCUT2D eigenvalue weighted by atomic mass is 35.5. The van der Waals surface area contributed by atoms with E-state index in [2.05, 4.69) is 5.10 Å². The fraction of sp³-hybridized carbons (Fsp3) is 0.600. The van der Waals surface area contributed by atoms with Crippen LogP contribution < -0.4 is 10.5 Å². The van der Waals surface area contributed by atoms with Crippen LogP contribution in [-0.4, -0.2) is 29.8 Å². The molecule has 0 aromatic carbocycles. The summed E-state index contributed by atoms with van der Waals surface area (Å²) in [6.45, 7) is 0.638. The topological polar surface area (TPSA) is 38.1 Å². The smallest absolute Gasteiger partial charge is 0.268 e. The molecule has 0 aliphatic carbocycles. The molecule has 0 amide bonds. The largest absolute Gasteiger partial charge is 0.376 e. The van der Waals surface area contributed by atoms with Crippen LogP contribution in [-0.2, 0) is 6.54 Å². The summed E-state index contributed by atoms with van der Waals surface area (Å²) in [6.07, 6.45) is 3.49. The number of aryl methyl sites for hydroxylation is 1. The third-order valence-electron chi connectivity index (χ3n) is 2.13. The Balaban J connectivity index is 2.71. The van der Waals surface area contributed by atoms with E-state index < -0.39 is 0 Å². The van der Waals surface area contributed by atoms with E-state index in [1.165, 1.54) is 4.68 Å². The molecule has 4 nitrogen and oxygen atoms in total. The highest BCUT2D eigenvalue weighted by Crippen LogP contribution is 2.03. The Morgan fingerprint density at radius 1 is 1.47 bits per heavy atom. The minimum absolute atomic E-state index is 0.0595. The lowest BCUT2D eigenvalue weighted by atomic mass is 10.3. The van der Waals surface area contributed by atoms with Gasteiger partial charge >= 0.3 is 0 Å². The summed E-state index contributed by atoms with van der Waals surface area (Å²) < 4.78 is 1.47. The maximum Gasteiger partial charge on any atom is 0.268 e. The van der Waals surface area contributed by atoms with Crippen molar-refractivity contribution in [1.82, 2.24) is 9.78 Å². The van der Waals surface area contributed by atoms with Gasteiger partial charge in [0.15, 0.2) is 0 Å². The minimum atomic E-state index is -0.0595. The summed E-state index contributed by atoms with van der Waals surface area (Å²) in [5.74, 6) is 0.629. The second-order valence-electron chi connectivity index (χ2n) is 3.57. The van der Waals surface area contributed by atoms with Crippen LogP contribution in [0, 0.1) is 0 Å². The number of nitrogens with zero attached hydrogens (tertiary/aromatic N) is 3. The molecular weight excluding hydrogens is 214 g/mol. The monoisotopic (exact) mass is 229 g/mol. The minimum Gasteiger partial charge on any atom is -0.376 e. The Morgan fingerprint density at radius 2 is 2.20 bits per heavy atom. The van der Waals surface area contributed by atoms with Crippen molar-refractivity contribution >= 4 is 17.3 Å². The van der Waals surface area contributed by atoms with Crippen LogP contribution in [0.5, 0.6) is 0 Å². The van der Waals surface area contributed by atoms with Gasteiger partial charge in [0.05, 0.1) is 11.9 Å². The van der Waals surface area contributed by atoms with E-state index in [1.807, 2.05) is 19.0 Å². The normalized spacial score (nSPS) is 10.3. The van der Waals surface area contributed by atoms with Crippen molar-refractivity contribution in [2.24, 2.45) is 0 Å². The molecule has 0 saturated carbocycles. The molecule has 1 rings (SSSR count). The Morgan fingerprint density at radius 3 is 2.73 bits per heavy atom. The summed E-state index contributed by atoms with van der Waals surface area (Å²) in [6, 6.07) is 1.59. The van der Waals surface area contributed by atoms with Crippen LogP contribution in [0.15, 0.2) is 17.1 Å². The van der Waals surface area contributed by atoms with Crippen molar-refractivity contribution in [3.63, 3.8) is 0 Å². The molecule has 0 atom stereocenters. The van der Waals surface area contributed by atoms with Crippen molar-refractivity contribution < 1.29 is 0 Å². The molecule has 1 aromatic rings. The van der Waals surface area contributed by atoms with Crippen LogP contribution >= 0.6 is 11.6 Å². The standard InChI is InChI=1S/C10H16ClN3O/c1-13(2)9-7-10(15)14(12-8-9)6-4-3-5-11/h7-8H,3-6H2,1-2H3. The second kappa shape index (κ2) is 5.75. The predicted octanol–water partition coefficient (Wildman–Crippen LogP) is 1.33. The predicted molar refractivity (Wildman–Crippen MR) is 62.8 cm³/mol. The molecule has 0 bridgehead atoms. The van der Waals surface area contributed by atoms with Crippen LogP contribution in [0.25, 0.3) is 0 Å². The zero-order valence-electron chi connectivity index (χ0n) is 9.11. The molecule has 0 radical (unpaired) electrons. The van der Waals surface area contributed by atoms with Gasteiger partial charge in [-0.1, -0.05) is 0 Å². The Kier molecular flexibility index (Phi) is 4.62. The number of aromatic nitrogens is 2. The Labute approximate surface area is 94.5 Å². The highest BCUT2D eigenvalue weighted by molar-refractivity contribution is 6.17. The van der Waals surface area contributed by atoms with Gasteiger partial charge in [0.1, 0.15) is 0 Å². The van der Waals surface area contributed by atoms with Crippen LogP contribution in [0.1, 0.15) is 12.8 Å². The first-order valence-electron chi connectivity index (χ1n) is 4.95. The average molecular weight is 230 g/mol. The van der Waals surface area contributed by atoms with Gasteiger partial charge < -0.3 is 4.90 Å². The number of unbranched alkanes of at least 4 members (excludes halogenated alkanes) is 1. The maximum absolute atomic E-state index is 11.6. The molecule has 0 spiro atoms. The van der Waals surface area contributed by atoms with Crippen molar-refractivity contribution in [3.05, 3.63) is 22.6 Å². The lowest BCUT2D eigenvalue weighted by molar-refractivity contribution is 0.544. The molecule has 1 heterocycles. The fourth-order valence-corrected chi connectivity index (χ4v) is 1.38. The van der Waals surface area contributed by atoms with Crippen molar-refractivity contribution in [2.45, 2.75) is 19.4 Å². The molecule has 0 saturated heterocycles. The lowest BCUT2D eigenvalue weighted by Gasteiger charge is -2.12. The molecule has 1 aromatic heterocycles. The van der Waals surface area contributed by atoms with Gasteiger partial charge in [-0.3, -0.25) is 4.79 Å². The third kappa shape index (κ3) is 3.55. The SMILES string of the molecule is CN(C)c1cnn(CCCCCl)c(=O)c1. The van der Waals surface area contributed by atoms with Crippen molar-refractivity contribution in [2.75, 3.05) is 24.9 Å². The van der Waals surface area contributed by atoms with E-state index in [-0.39, 0.29) is 5.56 Å². The van der Waals surface area contributed by atoms with E-state index in [0.717, 1.165) is 18.5 Å². The summed E-state index contributed by atoms with van der Waals surface area (Å²) in [5.41, 5.74) is 0.768. The van der Waals surface area contributed by atoms with E-state index in [4.69, 9.17) is 11.6 Å². The first kappa shape index (κ1) is 12.0. The molecule has 0 N–H and O–H groups in total. The van der Waals surface area contributed by atoms with Crippen molar-refractivity contribution in [1.29, 1.82) is 0 Å². The highest BCUT2D eigenvalue weighted by Gasteiger charge is 2.00. The zero-order chi connectivity index (χ0) is 11.3. The first-order valence-corrected chi connectivity index (χ1v) is 5.49. The number of rotatable bonds is 5. The zero-order valence-corrected chi connectivity index (χ0v) is 9.87. The van der Waals surface area contributed by atoms with Crippen molar-refractivity contribution in [3.8, 4) is 0 Å². The molecule has 0 unspecified atom stereocenters. The fourth-order valence-electron chi connectivity index (χ4n) is 1.19. The van der Waals surface area contributed by atoms with E-state index in [9.17, 15) is 4.79 Å². The maximum atomic E-state index is 11.6. The van der Waals surface area contributed by atoms with Gasteiger partial charge in [0.2, 0.25) is 0 Å². The number of halogens is 1. The molecule has 15 heavy (non-hydrogen) atoms. The Hall–Kier alpha value is -1.03. The van der Waals surface area contributed by atoms with Crippen LogP contribution in [0.2, 0.25) is 0 Å². The van der Waals surface area contributed by atoms with Gasteiger partial charge in [-0.05, 0) is 12.8 Å². The van der Waals surface area contributed by atoms with Gasteiger partial charge in [-0.25, -0.2) is 4.68 Å². The van der Waals surface area contributed by atoms with Gasteiger partial charge in [-0.15, -0.1) is 11.6 Å². The van der Waals surface area contributed by atoms with Crippen LogP contribution in [0.4, 0.5) is 5.69 Å². The number of hydrogen-bond acceptors (Lipinski definition) is 3. The van der Waals surface area contributed by atoms with E-state index in [1.54, 1.807) is 12.3 Å². The summed E-state index contributed by atoms with van der Waals surface area (Å²) >= 11 is 5.56. The van der Waals surface area contributed by atoms with Gasteiger partial charge in [-0.2, -0.15) is 5.10 Å². The third-order valence-corrected chi connectivity index (χ3v) is 2.39. The lowest BCUT2D eigenvalue weighted by Crippen LogP contribution is -2.24. The van der Waals surface area contributed by atoms with Crippen LogP contribution in [0.3, 0.4) is 0 Å². The summed E-state index contributed by atoms with van der Waals surface area (Å²) in [4.78, 5) is 13.4. The molecule has 0 aliphatic rings. The average Bonchev–Trinajstić information content (AvgIpc) is 2.20.